The number of likely N-dealkylation sites (N-methyl/N-ethyl adjacent to an activating group) is 1. The van der Waals surface area contributed by atoms with Gasteiger partial charge in [0.1, 0.15) is 5.75 Å². The zero-order chi connectivity index (χ0) is 20.9. The Morgan fingerprint density at radius 1 is 1.07 bits per heavy atom. The first-order chi connectivity index (χ1) is 13.1. The highest BCUT2D eigenvalue weighted by Crippen LogP contribution is 2.25. The Morgan fingerprint density at radius 2 is 1.71 bits per heavy atom. The van der Waals surface area contributed by atoms with Crippen LogP contribution in [0.5, 0.6) is 5.75 Å². The third-order valence-corrected chi connectivity index (χ3v) is 5.19. The van der Waals surface area contributed by atoms with Gasteiger partial charge in [-0.15, -0.1) is 0 Å². The molecule has 1 amide bonds. The maximum absolute atomic E-state index is 12.3. The number of hydrogen-bond donors (Lipinski definition) is 1. The SMILES string of the molecule is Cc1cccc(OCC(=O)NCC(c2ccc(C(C)(C)C)cc2)N(C)C)c1C. The zero-order valence-corrected chi connectivity index (χ0v) is 18.3. The lowest BCUT2D eigenvalue weighted by Gasteiger charge is -2.26. The largest absolute Gasteiger partial charge is 0.483 e. The van der Waals surface area contributed by atoms with E-state index in [1.807, 2.05) is 46.1 Å². The molecule has 28 heavy (non-hydrogen) atoms. The van der Waals surface area contributed by atoms with E-state index in [9.17, 15) is 4.79 Å². The van der Waals surface area contributed by atoms with Gasteiger partial charge in [-0.1, -0.05) is 57.2 Å². The van der Waals surface area contributed by atoms with Gasteiger partial charge in [-0.05, 0) is 61.7 Å². The summed E-state index contributed by atoms with van der Waals surface area (Å²) in [5, 5.41) is 3.01. The number of nitrogens with zero attached hydrogens (tertiary/aromatic N) is 1. The van der Waals surface area contributed by atoms with Crippen molar-refractivity contribution in [3.63, 3.8) is 0 Å². The summed E-state index contributed by atoms with van der Waals surface area (Å²) in [5.41, 5.74) is 4.85. The molecule has 0 saturated carbocycles. The van der Waals surface area contributed by atoms with Crippen LogP contribution in [0.3, 0.4) is 0 Å². The molecule has 0 radical (unpaired) electrons. The van der Waals surface area contributed by atoms with Crippen molar-refractivity contribution in [1.82, 2.24) is 10.2 Å². The van der Waals surface area contributed by atoms with Gasteiger partial charge >= 0.3 is 0 Å². The number of carbonyl (C=O) groups excluding carboxylic acids is 1. The zero-order valence-electron chi connectivity index (χ0n) is 18.3. The van der Waals surface area contributed by atoms with Crippen LogP contribution in [0.2, 0.25) is 0 Å². The van der Waals surface area contributed by atoms with Crippen LogP contribution in [-0.4, -0.2) is 38.1 Å². The normalized spacial score (nSPS) is 12.7. The molecule has 1 unspecified atom stereocenters. The topological polar surface area (TPSA) is 41.6 Å². The quantitative estimate of drug-likeness (QED) is 0.772. The molecule has 2 aromatic carbocycles. The number of amides is 1. The van der Waals surface area contributed by atoms with Crippen LogP contribution in [0.1, 0.15) is 49.1 Å². The summed E-state index contributed by atoms with van der Waals surface area (Å²) in [4.78, 5) is 14.4. The molecule has 152 valence electrons. The molecule has 0 aliphatic carbocycles. The first-order valence-corrected chi connectivity index (χ1v) is 9.82. The molecule has 1 atom stereocenters. The number of carbonyl (C=O) groups is 1. The Hall–Kier alpha value is -2.33. The molecule has 0 aliphatic heterocycles. The molecule has 0 spiro atoms. The minimum atomic E-state index is -0.112. The number of ether oxygens (including phenoxy) is 1. The highest BCUT2D eigenvalue weighted by molar-refractivity contribution is 5.77. The standard InChI is InChI=1S/C24H34N2O2/c1-17-9-8-10-22(18(17)2)28-16-23(27)25-15-21(26(6)7)19-11-13-20(14-12-19)24(3,4)5/h8-14,21H,15-16H2,1-7H3,(H,25,27). The fourth-order valence-corrected chi connectivity index (χ4v) is 3.09. The molecule has 0 aromatic heterocycles. The van der Waals surface area contributed by atoms with Crippen molar-refractivity contribution in [2.75, 3.05) is 27.2 Å². The van der Waals surface area contributed by atoms with Crippen LogP contribution in [0.25, 0.3) is 0 Å². The van der Waals surface area contributed by atoms with E-state index in [1.54, 1.807) is 0 Å². The van der Waals surface area contributed by atoms with Crippen LogP contribution in [-0.2, 0) is 10.2 Å². The van der Waals surface area contributed by atoms with Crippen molar-refractivity contribution < 1.29 is 9.53 Å². The molecule has 2 rings (SSSR count). The first kappa shape index (κ1) is 22.0. The third kappa shape index (κ3) is 5.83. The molecule has 0 fully saturated rings. The Morgan fingerprint density at radius 3 is 2.29 bits per heavy atom. The molecule has 1 N–H and O–H groups in total. The average Bonchev–Trinajstić information content (AvgIpc) is 2.62. The fraction of sp³-hybridized carbons (Fsp3) is 0.458. The minimum absolute atomic E-state index is 0.0212. The summed E-state index contributed by atoms with van der Waals surface area (Å²) in [5.74, 6) is 0.649. The lowest BCUT2D eigenvalue weighted by molar-refractivity contribution is -0.123. The van der Waals surface area contributed by atoms with Gasteiger partial charge < -0.3 is 15.0 Å². The van der Waals surface area contributed by atoms with E-state index in [-0.39, 0.29) is 24.0 Å². The second-order valence-electron chi connectivity index (χ2n) is 8.64. The number of nitrogens with one attached hydrogen (secondary N) is 1. The highest BCUT2D eigenvalue weighted by atomic mass is 16.5. The number of rotatable bonds is 7. The third-order valence-electron chi connectivity index (χ3n) is 5.19. The predicted molar refractivity (Wildman–Crippen MR) is 116 cm³/mol. The van der Waals surface area contributed by atoms with Gasteiger partial charge in [0.05, 0.1) is 6.04 Å². The van der Waals surface area contributed by atoms with Crippen molar-refractivity contribution >= 4 is 5.91 Å². The summed E-state index contributed by atoms with van der Waals surface area (Å²) in [6, 6.07) is 14.7. The smallest absolute Gasteiger partial charge is 0.258 e. The molecule has 0 saturated heterocycles. The van der Waals surface area contributed by atoms with Crippen LogP contribution in [0.15, 0.2) is 42.5 Å². The molecule has 0 bridgehead atoms. The van der Waals surface area contributed by atoms with Gasteiger partial charge in [0.25, 0.3) is 5.91 Å². The number of hydrogen-bond acceptors (Lipinski definition) is 3. The van der Waals surface area contributed by atoms with Crippen molar-refractivity contribution in [3.8, 4) is 5.75 Å². The van der Waals surface area contributed by atoms with Crippen LogP contribution in [0, 0.1) is 13.8 Å². The molecule has 0 aliphatic rings. The number of aryl methyl sites for hydroxylation is 1. The highest BCUT2D eigenvalue weighted by Gasteiger charge is 2.18. The average molecular weight is 383 g/mol. The fourth-order valence-electron chi connectivity index (χ4n) is 3.09. The van der Waals surface area contributed by atoms with Crippen LogP contribution in [0.4, 0.5) is 0 Å². The summed E-state index contributed by atoms with van der Waals surface area (Å²) in [7, 11) is 4.06. The van der Waals surface area contributed by atoms with Crippen LogP contribution >= 0.6 is 0 Å². The Bertz CT molecular complexity index is 789. The molecular formula is C24H34N2O2. The van der Waals surface area contributed by atoms with Gasteiger partial charge in [0.15, 0.2) is 6.61 Å². The molecule has 4 nitrogen and oxygen atoms in total. The lowest BCUT2D eigenvalue weighted by Crippen LogP contribution is -2.37. The van der Waals surface area contributed by atoms with Crippen molar-refractivity contribution in [1.29, 1.82) is 0 Å². The second kappa shape index (κ2) is 9.24. The Labute approximate surface area is 169 Å². The van der Waals surface area contributed by atoms with E-state index >= 15 is 0 Å². The molecule has 0 heterocycles. The number of benzene rings is 2. The van der Waals surface area contributed by atoms with Gasteiger partial charge in [-0.25, -0.2) is 0 Å². The van der Waals surface area contributed by atoms with Crippen molar-refractivity contribution in [2.45, 2.75) is 46.1 Å². The van der Waals surface area contributed by atoms with Crippen molar-refractivity contribution in [2.24, 2.45) is 0 Å². The van der Waals surface area contributed by atoms with Gasteiger partial charge in [-0.2, -0.15) is 0 Å². The van der Waals surface area contributed by atoms with E-state index in [2.05, 4.69) is 55.3 Å². The summed E-state index contributed by atoms with van der Waals surface area (Å²) >= 11 is 0. The van der Waals surface area contributed by atoms with E-state index in [4.69, 9.17) is 4.74 Å². The van der Waals surface area contributed by atoms with Gasteiger partial charge in [0.2, 0.25) is 0 Å². The lowest BCUT2D eigenvalue weighted by atomic mass is 9.86. The molecule has 2 aromatic rings. The van der Waals surface area contributed by atoms with Gasteiger partial charge in [-0.3, -0.25) is 4.79 Å². The van der Waals surface area contributed by atoms with Crippen molar-refractivity contribution in [3.05, 3.63) is 64.7 Å². The predicted octanol–water partition coefficient (Wildman–Crippen LogP) is 4.40. The van der Waals surface area contributed by atoms with Crippen LogP contribution < -0.4 is 10.1 Å². The monoisotopic (exact) mass is 382 g/mol. The van der Waals surface area contributed by atoms with Gasteiger partial charge in [0, 0.05) is 6.54 Å². The maximum Gasteiger partial charge on any atom is 0.258 e. The van der Waals surface area contributed by atoms with E-state index in [0.717, 1.165) is 16.9 Å². The maximum atomic E-state index is 12.3. The Balaban J connectivity index is 1.95. The second-order valence-corrected chi connectivity index (χ2v) is 8.64. The molecule has 4 heteroatoms. The molecular weight excluding hydrogens is 348 g/mol. The van der Waals surface area contributed by atoms with E-state index < -0.39 is 0 Å². The first-order valence-electron chi connectivity index (χ1n) is 9.82. The van der Waals surface area contributed by atoms with E-state index in [1.165, 1.54) is 11.1 Å². The summed E-state index contributed by atoms with van der Waals surface area (Å²) in [6.07, 6.45) is 0. The minimum Gasteiger partial charge on any atom is -0.483 e. The van der Waals surface area contributed by atoms with E-state index in [0.29, 0.717) is 6.54 Å². The Kier molecular flexibility index (Phi) is 7.25. The summed E-state index contributed by atoms with van der Waals surface area (Å²) in [6.45, 7) is 11.2. The summed E-state index contributed by atoms with van der Waals surface area (Å²) < 4.78 is 5.71.